The third-order valence-electron chi connectivity index (χ3n) is 5.60. The Morgan fingerprint density at radius 2 is 1.82 bits per heavy atom. The van der Waals surface area contributed by atoms with Gasteiger partial charge in [0.2, 0.25) is 0 Å². The first-order valence-corrected chi connectivity index (χ1v) is 11.4. The lowest BCUT2D eigenvalue weighted by Gasteiger charge is -2.10. The molecule has 3 N–H and O–H groups in total. The van der Waals surface area contributed by atoms with E-state index in [1.807, 2.05) is 54.2 Å². The number of benzene rings is 1. The first kappa shape index (κ1) is 21.5. The van der Waals surface area contributed by atoms with Crippen molar-refractivity contribution in [3.05, 3.63) is 79.4 Å². The minimum absolute atomic E-state index is 0.206. The largest absolute Gasteiger partial charge is 0.383 e. The van der Waals surface area contributed by atoms with Crippen LogP contribution in [0, 0.1) is 0 Å². The Morgan fingerprint density at radius 1 is 1.06 bits per heavy atom. The van der Waals surface area contributed by atoms with Crippen LogP contribution >= 0.6 is 11.3 Å². The van der Waals surface area contributed by atoms with Gasteiger partial charge in [0.1, 0.15) is 17.8 Å². The number of carbonyl (C=O) groups is 1. The average molecular weight is 467 g/mol. The van der Waals surface area contributed by atoms with Crippen LogP contribution in [0.5, 0.6) is 0 Å². The van der Waals surface area contributed by atoms with E-state index < -0.39 is 0 Å². The van der Waals surface area contributed by atoms with E-state index in [1.165, 1.54) is 6.33 Å². The zero-order chi connectivity index (χ0) is 23.8. The third kappa shape index (κ3) is 3.74. The summed E-state index contributed by atoms with van der Waals surface area (Å²) in [6.07, 6.45) is 5.10. The van der Waals surface area contributed by atoms with Crippen LogP contribution in [0.4, 0.5) is 11.5 Å². The van der Waals surface area contributed by atoms with E-state index in [0.717, 1.165) is 43.2 Å². The Bertz CT molecular complexity index is 1530. The number of aryl methyl sites for hydroxylation is 1. The maximum absolute atomic E-state index is 12.0. The molecule has 0 atom stereocenters. The second-order valence-corrected chi connectivity index (χ2v) is 9.04. The minimum atomic E-state index is -0.206. The van der Waals surface area contributed by atoms with Gasteiger partial charge in [0.05, 0.1) is 11.1 Å². The molecule has 4 aromatic heterocycles. The molecule has 0 fully saturated rings. The molecule has 0 aliphatic heterocycles. The molecule has 1 amide bonds. The average Bonchev–Trinajstić information content (AvgIpc) is 3.44. The van der Waals surface area contributed by atoms with Gasteiger partial charge in [-0.2, -0.15) is 0 Å². The van der Waals surface area contributed by atoms with Crippen molar-refractivity contribution in [2.75, 3.05) is 11.1 Å². The molecule has 0 bridgehead atoms. The molecule has 168 valence electrons. The number of hydrogen-bond donors (Lipinski definition) is 2. The maximum atomic E-state index is 12.0. The van der Waals surface area contributed by atoms with Crippen LogP contribution in [-0.2, 0) is 11.8 Å². The van der Waals surface area contributed by atoms with E-state index in [9.17, 15) is 4.79 Å². The van der Waals surface area contributed by atoms with Gasteiger partial charge in [0, 0.05) is 51.6 Å². The van der Waals surface area contributed by atoms with E-state index >= 15 is 0 Å². The zero-order valence-corrected chi connectivity index (χ0v) is 19.6. The number of nitrogens with two attached hydrogens (primary N) is 1. The van der Waals surface area contributed by atoms with Gasteiger partial charge in [-0.1, -0.05) is 24.8 Å². The van der Waals surface area contributed by atoms with E-state index in [1.54, 1.807) is 24.5 Å². The second-order valence-electron chi connectivity index (χ2n) is 7.96. The molecule has 0 aliphatic rings. The predicted molar refractivity (Wildman–Crippen MR) is 138 cm³/mol. The minimum Gasteiger partial charge on any atom is -0.383 e. The van der Waals surface area contributed by atoms with Gasteiger partial charge in [-0.05, 0) is 42.8 Å². The number of nitrogen functional groups attached to an aromatic ring is 1. The van der Waals surface area contributed by atoms with Crippen molar-refractivity contribution in [1.29, 1.82) is 0 Å². The number of nitrogens with zero attached hydrogens (tertiary/aromatic N) is 4. The normalized spacial score (nSPS) is 11.0. The van der Waals surface area contributed by atoms with E-state index in [2.05, 4.69) is 39.0 Å². The Balaban J connectivity index is 1.66. The molecule has 0 saturated carbocycles. The van der Waals surface area contributed by atoms with Crippen LogP contribution < -0.4 is 11.1 Å². The summed E-state index contributed by atoms with van der Waals surface area (Å²) in [5, 5.41) is 3.67. The number of anilines is 2. The molecule has 0 spiro atoms. The highest BCUT2D eigenvalue weighted by Gasteiger charge is 2.23. The Morgan fingerprint density at radius 3 is 2.53 bits per heavy atom. The molecule has 0 unspecified atom stereocenters. The lowest BCUT2D eigenvalue weighted by atomic mass is 10.0. The molecule has 1 aromatic carbocycles. The van der Waals surface area contributed by atoms with Crippen molar-refractivity contribution < 1.29 is 4.79 Å². The van der Waals surface area contributed by atoms with Crippen molar-refractivity contribution in [3.8, 4) is 32.1 Å². The van der Waals surface area contributed by atoms with Gasteiger partial charge < -0.3 is 15.6 Å². The lowest BCUT2D eigenvalue weighted by molar-refractivity contribution is -0.112. The highest BCUT2D eigenvalue weighted by molar-refractivity contribution is 7.19. The zero-order valence-electron chi connectivity index (χ0n) is 18.7. The second kappa shape index (κ2) is 8.57. The fourth-order valence-electron chi connectivity index (χ4n) is 3.94. The quantitative estimate of drug-likeness (QED) is 0.332. The van der Waals surface area contributed by atoms with Crippen LogP contribution in [0.1, 0.15) is 6.92 Å². The Labute approximate surface area is 200 Å². The van der Waals surface area contributed by atoms with Crippen LogP contribution in [0.3, 0.4) is 0 Å². The summed E-state index contributed by atoms with van der Waals surface area (Å²) in [5.74, 6) is 0.228. The Hall–Kier alpha value is -4.30. The third-order valence-corrected chi connectivity index (χ3v) is 6.75. The molecule has 4 heterocycles. The molecule has 0 saturated heterocycles. The van der Waals surface area contributed by atoms with Crippen molar-refractivity contribution in [3.63, 3.8) is 0 Å². The number of hydrogen-bond acceptors (Lipinski definition) is 6. The number of amides is 1. The highest BCUT2D eigenvalue weighted by atomic mass is 32.1. The van der Waals surface area contributed by atoms with E-state index in [4.69, 9.17) is 5.73 Å². The van der Waals surface area contributed by atoms with Gasteiger partial charge in [0.15, 0.2) is 0 Å². The van der Waals surface area contributed by atoms with Gasteiger partial charge in [-0.15, -0.1) is 11.3 Å². The number of aromatic nitrogens is 4. The molecule has 0 aliphatic carbocycles. The SMILES string of the molecule is C=C(C)C(=O)Nc1ccc(-c2c(-c3ccc(-c4cccnc4)s3)c3c(N)ncnc3n2C)cc1. The van der Waals surface area contributed by atoms with Gasteiger partial charge in [0.25, 0.3) is 5.91 Å². The number of fused-ring (bicyclic) bond motifs is 1. The number of thiophene rings is 1. The number of nitrogens with one attached hydrogen (secondary N) is 1. The van der Waals surface area contributed by atoms with Crippen molar-refractivity contribution in [2.45, 2.75) is 6.92 Å². The maximum Gasteiger partial charge on any atom is 0.250 e. The van der Waals surface area contributed by atoms with Crippen LogP contribution in [-0.4, -0.2) is 25.4 Å². The summed E-state index contributed by atoms with van der Waals surface area (Å²) >= 11 is 1.67. The highest BCUT2D eigenvalue weighted by Crippen LogP contribution is 2.45. The van der Waals surface area contributed by atoms with Gasteiger partial charge in [-0.25, -0.2) is 9.97 Å². The molecule has 7 nitrogen and oxygen atoms in total. The summed E-state index contributed by atoms with van der Waals surface area (Å²) in [7, 11) is 1.97. The molecule has 0 radical (unpaired) electrons. The summed E-state index contributed by atoms with van der Waals surface area (Å²) < 4.78 is 2.04. The monoisotopic (exact) mass is 466 g/mol. The standard InChI is InChI=1S/C26H22N6OS/c1-15(2)26(33)31-18-8-6-16(7-9-18)23-21(22-24(27)29-14-30-25(22)32(23)3)20-11-10-19(34-20)17-5-4-12-28-13-17/h4-14H,1H2,2-3H3,(H,31,33)(H2,27,29,30). The molecular formula is C26H22N6OS. The van der Waals surface area contributed by atoms with E-state index in [-0.39, 0.29) is 5.91 Å². The Kier molecular flexibility index (Phi) is 5.43. The van der Waals surface area contributed by atoms with Crippen molar-refractivity contribution in [1.82, 2.24) is 19.5 Å². The smallest absolute Gasteiger partial charge is 0.250 e. The summed E-state index contributed by atoms with van der Waals surface area (Å²) in [6, 6.07) is 15.9. The molecular weight excluding hydrogens is 444 g/mol. The summed E-state index contributed by atoms with van der Waals surface area (Å²) in [6.45, 7) is 5.36. The van der Waals surface area contributed by atoms with Crippen LogP contribution in [0.25, 0.3) is 43.2 Å². The van der Waals surface area contributed by atoms with Crippen LogP contribution in [0.15, 0.2) is 79.4 Å². The fraction of sp³-hybridized carbons (Fsp3) is 0.0769. The molecule has 5 aromatic rings. The summed E-state index contributed by atoms with van der Waals surface area (Å²) in [4.78, 5) is 27.2. The predicted octanol–water partition coefficient (Wildman–Crippen LogP) is 5.52. The summed E-state index contributed by atoms with van der Waals surface area (Å²) in [5.41, 5.74) is 12.2. The molecule has 8 heteroatoms. The topological polar surface area (TPSA) is 98.7 Å². The van der Waals surface area contributed by atoms with Crippen molar-refractivity contribution in [2.24, 2.45) is 7.05 Å². The fourth-order valence-corrected chi connectivity index (χ4v) is 4.99. The van der Waals surface area contributed by atoms with Crippen molar-refractivity contribution >= 4 is 39.8 Å². The number of carbonyl (C=O) groups excluding carboxylic acids is 1. The van der Waals surface area contributed by atoms with E-state index in [0.29, 0.717) is 17.1 Å². The van der Waals surface area contributed by atoms with Crippen LogP contribution in [0.2, 0.25) is 0 Å². The van der Waals surface area contributed by atoms with Gasteiger partial charge in [-0.3, -0.25) is 9.78 Å². The number of rotatable bonds is 5. The first-order chi connectivity index (χ1) is 16.4. The lowest BCUT2D eigenvalue weighted by Crippen LogP contribution is -2.11. The molecule has 5 rings (SSSR count). The number of pyridine rings is 1. The first-order valence-electron chi connectivity index (χ1n) is 10.6. The molecule has 34 heavy (non-hydrogen) atoms. The van der Waals surface area contributed by atoms with Gasteiger partial charge >= 0.3 is 0 Å².